The number of carboxylic acid groups (broad SMARTS) is 1. The van der Waals surface area contributed by atoms with Crippen LogP contribution in [0.5, 0.6) is 0 Å². The quantitative estimate of drug-likeness (QED) is 0.775. The van der Waals surface area contributed by atoms with Crippen molar-refractivity contribution >= 4 is 11.8 Å². The van der Waals surface area contributed by atoms with Gasteiger partial charge >= 0.3 is 18.1 Å². The van der Waals surface area contributed by atoms with Crippen LogP contribution < -0.4 is 0 Å². The van der Waals surface area contributed by atoms with E-state index in [0.717, 1.165) is 0 Å². The Morgan fingerprint density at radius 2 is 1.53 bits per heavy atom. The van der Waals surface area contributed by atoms with Crippen molar-refractivity contribution < 1.29 is 36.6 Å². The predicted molar refractivity (Wildman–Crippen MR) is 44.5 cm³/mol. The molecule has 0 atom stereocenters. The maximum atomic E-state index is 13.2. The van der Waals surface area contributed by atoms with Gasteiger partial charge < -0.3 is 5.11 Å². The lowest BCUT2D eigenvalue weighted by molar-refractivity contribution is -0.326. The summed E-state index contributed by atoms with van der Waals surface area (Å²) in [5.74, 6) is -8.06. The first-order valence-electron chi connectivity index (χ1n) is 4.74. The van der Waals surface area contributed by atoms with Crippen LogP contribution in [0.25, 0.3) is 0 Å². The SMILES string of the molecule is O=C1CCC(C(=O)O)(C(F)(F)C(F)(F)F)CC1. The summed E-state index contributed by atoms with van der Waals surface area (Å²) in [7, 11) is 0. The number of Topliss-reactive ketones (excluding diaryl/α,β-unsaturated/α-hetero) is 1. The fraction of sp³-hybridized carbons (Fsp3) is 0.778. The first kappa shape index (κ1) is 13.9. The maximum absolute atomic E-state index is 13.2. The second-order valence-corrected chi connectivity index (χ2v) is 4.00. The van der Waals surface area contributed by atoms with Crippen LogP contribution in [0.4, 0.5) is 22.0 Å². The van der Waals surface area contributed by atoms with E-state index in [1.807, 2.05) is 0 Å². The molecule has 0 aromatic heterocycles. The lowest BCUT2D eigenvalue weighted by atomic mass is 9.69. The third-order valence-corrected chi connectivity index (χ3v) is 3.03. The number of rotatable bonds is 2. The van der Waals surface area contributed by atoms with E-state index in [1.54, 1.807) is 0 Å². The van der Waals surface area contributed by atoms with Crippen LogP contribution in [-0.2, 0) is 9.59 Å². The summed E-state index contributed by atoms with van der Waals surface area (Å²) in [5.41, 5.74) is -3.22. The minimum atomic E-state index is -5.94. The van der Waals surface area contributed by atoms with Gasteiger partial charge in [0.05, 0.1) is 0 Å². The number of halogens is 5. The molecule has 17 heavy (non-hydrogen) atoms. The zero-order valence-corrected chi connectivity index (χ0v) is 8.48. The van der Waals surface area contributed by atoms with Crippen LogP contribution in [0, 0.1) is 5.41 Å². The van der Waals surface area contributed by atoms with Crippen LogP contribution in [-0.4, -0.2) is 29.0 Å². The van der Waals surface area contributed by atoms with Gasteiger partial charge in [0, 0.05) is 12.8 Å². The zero-order chi connectivity index (χ0) is 13.5. The largest absolute Gasteiger partial charge is 0.481 e. The normalized spacial score (nSPS) is 21.4. The average Bonchev–Trinajstić information content (AvgIpc) is 2.16. The van der Waals surface area contributed by atoms with Crippen LogP contribution >= 0.6 is 0 Å². The summed E-state index contributed by atoms with van der Waals surface area (Å²) in [6.07, 6.45) is -9.07. The third-order valence-electron chi connectivity index (χ3n) is 3.03. The highest BCUT2D eigenvalue weighted by Gasteiger charge is 2.73. The monoisotopic (exact) mass is 260 g/mol. The van der Waals surface area contributed by atoms with Gasteiger partial charge in [0.25, 0.3) is 0 Å². The first-order chi connectivity index (χ1) is 7.54. The van der Waals surface area contributed by atoms with Crippen molar-refractivity contribution in [3.8, 4) is 0 Å². The lowest BCUT2D eigenvalue weighted by Crippen LogP contribution is -2.57. The van der Waals surface area contributed by atoms with Gasteiger partial charge in [-0.2, -0.15) is 22.0 Å². The van der Waals surface area contributed by atoms with E-state index in [0.29, 0.717) is 0 Å². The Kier molecular flexibility index (Phi) is 3.19. The molecule has 0 saturated heterocycles. The molecule has 0 amide bonds. The maximum Gasteiger partial charge on any atom is 0.454 e. The number of alkyl halides is 5. The minimum absolute atomic E-state index is 0.500. The van der Waals surface area contributed by atoms with Crippen molar-refractivity contribution in [1.82, 2.24) is 0 Å². The highest BCUT2D eigenvalue weighted by atomic mass is 19.4. The molecule has 1 saturated carbocycles. The molecule has 0 radical (unpaired) electrons. The molecule has 1 aliphatic rings. The molecule has 1 N–H and O–H groups in total. The average molecular weight is 260 g/mol. The van der Waals surface area contributed by atoms with E-state index in [9.17, 15) is 31.5 Å². The number of carbonyl (C=O) groups excluding carboxylic acids is 1. The summed E-state index contributed by atoms with van der Waals surface area (Å²) >= 11 is 0. The van der Waals surface area contributed by atoms with Gasteiger partial charge in [0.2, 0.25) is 0 Å². The van der Waals surface area contributed by atoms with Crippen LogP contribution in [0.15, 0.2) is 0 Å². The number of carbonyl (C=O) groups is 2. The van der Waals surface area contributed by atoms with E-state index < -0.39 is 54.9 Å². The summed E-state index contributed by atoms with van der Waals surface area (Å²) in [5, 5.41) is 8.68. The highest BCUT2D eigenvalue weighted by Crippen LogP contribution is 2.54. The predicted octanol–water partition coefficient (Wildman–Crippen LogP) is 2.40. The van der Waals surface area contributed by atoms with Crippen molar-refractivity contribution in [2.24, 2.45) is 5.41 Å². The van der Waals surface area contributed by atoms with Crippen LogP contribution in [0.2, 0.25) is 0 Å². The summed E-state index contributed by atoms with van der Waals surface area (Å²) in [6.45, 7) is 0. The Balaban J connectivity index is 3.18. The van der Waals surface area contributed by atoms with Crippen LogP contribution in [0.3, 0.4) is 0 Å². The molecule has 0 unspecified atom stereocenters. The number of aliphatic carboxylic acids is 1. The number of hydrogen-bond acceptors (Lipinski definition) is 2. The van der Waals surface area contributed by atoms with Gasteiger partial charge in [-0.1, -0.05) is 0 Å². The summed E-state index contributed by atoms with van der Waals surface area (Å²) < 4.78 is 63.1. The van der Waals surface area contributed by atoms with Gasteiger partial charge in [0.15, 0.2) is 0 Å². The second-order valence-electron chi connectivity index (χ2n) is 4.00. The number of hydrogen-bond donors (Lipinski definition) is 1. The van der Waals surface area contributed by atoms with Gasteiger partial charge in [-0.15, -0.1) is 0 Å². The molecule has 0 aromatic rings. The van der Waals surface area contributed by atoms with E-state index in [-0.39, 0.29) is 0 Å². The molecule has 0 aromatic carbocycles. The molecule has 0 spiro atoms. The minimum Gasteiger partial charge on any atom is -0.481 e. The molecular weight excluding hydrogens is 251 g/mol. The Bertz CT molecular complexity index is 337. The fourth-order valence-electron chi connectivity index (χ4n) is 1.89. The van der Waals surface area contributed by atoms with Crippen molar-refractivity contribution in [2.45, 2.75) is 37.8 Å². The summed E-state index contributed by atoms with van der Waals surface area (Å²) in [4.78, 5) is 21.6. The molecule has 3 nitrogen and oxygen atoms in total. The van der Waals surface area contributed by atoms with Gasteiger partial charge in [-0.05, 0) is 12.8 Å². The lowest BCUT2D eigenvalue weighted by Gasteiger charge is -2.39. The molecule has 8 heteroatoms. The van der Waals surface area contributed by atoms with Crippen molar-refractivity contribution in [3.05, 3.63) is 0 Å². The van der Waals surface area contributed by atoms with Crippen molar-refractivity contribution in [1.29, 1.82) is 0 Å². The second kappa shape index (κ2) is 3.92. The molecule has 0 heterocycles. The Morgan fingerprint density at radius 3 is 1.82 bits per heavy atom. The van der Waals surface area contributed by atoms with Gasteiger partial charge in [-0.3, -0.25) is 9.59 Å². The molecular formula is C9H9F5O3. The Labute approximate surface area is 92.6 Å². The topological polar surface area (TPSA) is 54.4 Å². The molecule has 0 bridgehead atoms. The zero-order valence-electron chi connectivity index (χ0n) is 8.48. The highest BCUT2D eigenvalue weighted by molar-refractivity contribution is 5.84. The van der Waals surface area contributed by atoms with Gasteiger partial charge in [0.1, 0.15) is 11.2 Å². The first-order valence-corrected chi connectivity index (χ1v) is 4.74. The van der Waals surface area contributed by atoms with E-state index in [2.05, 4.69) is 0 Å². The number of ketones is 1. The Morgan fingerprint density at radius 1 is 1.12 bits per heavy atom. The molecule has 98 valence electrons. The molecule has 1 rings (SSSR count). The molecule has 1 fully saturated rings. The fourth-order valence-corrected chi connectivity index (χ4v) is 1.89. The number of carboxylic acids is 1. The van der Waals surface area contributed by atoms with Gasteiger partial charge in [-0.25, -0.2) is 0 Å². The standard InChI is InChI=1S/C9H9F5O3/c10-8(11,9(12,13)14)7(6(16)17)3-1-5(15)2-4-7/h1-4H2,(H,16,17). The van der Waals surface area contributed by atoms with E-state index in [4.69, 9.17) is 5.11 Å². The third kappa shape index (κ3) is 2.00. The van der Waals surface area contributed by atoms with Crippen molar-refractivity contribution in [2.75, 3.05) is 0 Å². The van der Waals surface area contributed by atoms with E-state index in [1.165, 1.54) is 0 Å². The van der Waals surface area contributed by atoms with E-state index >= 15 is 0 Å². The molecule has 0 aliphatic heterocycles. The molecule has 1 aliphatic carbocycles. The smallest absolute Gasteiger partial charge is 0.454 e. The van der Waals surface area contributed by atoms with Crippen LogP contribution in [0.1, 0.15) is 25.7 Å². The van der Waals surface area contributed by atoms with Crippen molar-refractivity contribution in [3.63, 3.8) is 0 Å². The summed E-state index contributed by atoms with van der Waals surface area (Å²) in [6, 6.07) is 0. The Hall–Kier alpha value is -1.21.